The Morgan fingerprint density at radius 2 is 1.95 bits per heavy atom. The highest BCUT2D eigenvalue weighted by molar-refractivity contribution is 7.92. The average Bonchev–Trinajstić information content (AvgIpc) is 2.85. The van der Waals surface area contributed by atoms with Gasteiger partial charge in [-0.1, -0.05) is 6.42 Å². The smallest absolute Gasteiger partial charge is 0.233 e. The SMILES string of the molecule is O=S1(=O)C2CCCC1CC(O)(c1cnc3ncccn13)C2. The third kappa shape index (κ3) is 1.83. The van der Waals surface area contributed by atoms with E-state index in [1.807, 2.05) is 6.20 Å². The van der Waals surface area contributed by atoms with Gasteiger partial charge in [-0.15, -0.1) is 0 Å². The number of hydrogen-bond donors (Lipinski definition) is 1. The molecule has 112 valence electrons. The predicted molar refractivity (Wildman–Crippen MR) is 76.5 cm³/mol. The van der Waals surface area contributed by atoms with E-state index in [1.54, 1.807) is 22.9 Å². The Morgan fingerprint density at radius 3 is 2.67 bits per heavy atom. The van der Waals surface area contributed by atoms with Crippen LogP contribution in [0.2, 0.25) is 0 Å². The van der Waals surface area contributed by atoms with E-state index >= 15 is 0 Å². The topological polar surface area (TPSA) is 84.6 Å². The monoisotopic (exact) mass is 307 g/mol. The van der Waals surface area contributed by atoms with Crippen molar-refractivity contribution in [2.75, 3.05) is 0 Å². The molecule has 2 unspecified atom stereocenters. The van der Waals surface area contributed by atoms with Gasteiger partial charge in [0.1, 0.15) is 5.60 Å². The number of aliphatic hydroxyl groups is 1. The van der Waals surface area contributed by atoms with Crippen molar-refractivity contribution in [3.8, 4) is 0 Å². The van der Waals surface area contributed by atoms with Gasteiger partial charge in [0.05, 0.1) is 22.4 Å². The minimum Gasteiger partial charge on any atom is -0.383 e. The molecule has 2 fully saturated rings. The van der Waals surface area contributed by atoms with Crippen molar-refractivity contribution in [1.82, 2.24) is 14.4 Å². The molecule has 7 heteroatoms. The van der Waals surface area contributed by atoms with Crippen LogP contribution < -0.4 is 0 Å². The zero-order valence-corrected chi connectivity index (χ0v) is 12.3. The molecule has 2 atom stereocenters. The number of aromatic nitrogens is 3. The maximum atomic E-state index is 12.4. The van der Waals surface area contributed by atoms with E-state index in [1.165, 1.54) is 0 Å². The lowest BCUT2D eigenvalue weighted by Gasteiger charge is -2.43. The highest BCUT2D eigenvalue weighted by Gasteiger charge is 2.51. The summed E-state index contributed by atoms with van der Waals surface area (Å²) in [6.45, 7) is 0. The number of sulfone groups is 1. The summed E-state index contributed by atoms with van der Waals surface area (Å²) in [4.78, 5) is 8.36. The quantitative estimate of drug-likeness (QED) is 0.851. The van der Waals surface area contributed by atoms with E-state index in [4.69, 9.17) is 0 Å². The van der Waals surface area contributed by atoms with Gasteiger partial charge in [0.25, 0.3) is 0 Å². The molecule has 21 heavy (non-hydrogen) atoms. The van der Waals surface area contributed by atoms with Crippen molar-refractivity contribution >= 4 is 15.6 Å². The minimum absolute atomic E-state index is 0.258. The Hall–Kier alpha value is -1.47. The zero-order valence-electron chi connectivity index (χ0n) is 11.5. The van der Waals surface area contributed by atoms with Crippen LogP contribution in [0.15, 0.2) is 24.7 Å². The van der Waals surface area contributed by atoms with E-state index in [2.05, 4.69) is 9.97 Å². The van der Waals surface area contributed by atoms with Crippen molar-refractivity contribution in [2.45, 2.75) is 48.2 Å². The fourth-order valence-corrected chi connectivity index (χ4v) is 6.38. The van der Waals surface area contributed by atoms with Gasteiger partial charge in [-0.3, -0.25) is 4.40 Å². The first-order valence-corrected chi connectivity index (χ1v) is 8.85. The van der Waals surface area contributed by atoms with E-state index in [9.17, 15) is 13.5 Å². The van der Waals surface area contributed by atoms with Gasteiger partial charge in [0, 0.05) is 12.4 Å². The van der Waals surface area contributed by atoms with Crippen LogP contribution >= 0.6 is 0 Å². The lowest BCUT2D eigenvalue weighted by molar-refractivity contribution is 0.000224. The summed E-state index contributed by atoms with van der Waals surface area (Å²) >= 11 is 0. The minimum atomic E-state index is -3.09. The molecule has 4 heterocycles. The first-order chi connectivity index (χ1) is 10.0. The molecule has 0 aliphatic carbocycles. The lowest BCUT2D eigenvalue weighted by Crippen LogP contribution is -2.50. The van der Waals surface area contributed by atoms with Crippen molar-refractivity contribution < 1.29 is 13.5 Å². The largest absolute Gasteiger partial charge is 0.383 e. The molecule has 0 saturated carbocycles. The summed E-state index contributed by atoms with van der Waals surface area (Å²) in [6, 6.07) is 1.78. The first kappa shape index (κ1) is 13.2. The zero-order chi connectivity index (χ0) is 14.7. The molecule has 6 nitrogen and oxygen atoms in total. The number of hydrogen-bond acceptors (Lipinski definition) is 5. The van der Waals surface area contributed by atoms with Crippen LogP contribution in [0.4, 0.5) is 0 Å². The van der Waals surface area contributed by atoms with Crippen molar-refractivity contribution in [1.29, 1.82) is 0 Å². The lowest BCUT2D eigenvalue weighted by atomic mass is 9.83. The Morgan fingerprint density at radius 1 is 1.24 bits per heavy atom. The molecule has 2 saturated heterocycles. The Labute approximate surface area is 122 Å². The summed E-state index contributed by atoms with van der Waals surface area (Å²) < 4.78 is 26.5. The molecule has 1 N–H and O–H groups in total. The normalized spacial score (nSPS) is 34.9. The van der Waals surface area contributed by atoms with Gasteiger partial charge < -0.3 is 5.11 Å². The highest BCUT2D eigenvalue weighted by Crippen LogP contribution is 2.45. The van der Waals surface area contributed by atoms with E-state index < -0.39 is 25.9 Å². The molecule has 2 aromatic rings. The Bertz CT molecular complexity index is 779. The maximum absolute atomic E-state index is 12.4. The summed E-state index contributed by atoms with van der Waals surface area (Å²) in [5, 5.41) is 10.2. The Balaban J connectivity index is 1.82. The van der Waals surface area contributed by atoms with E-state index in [-0.39, 0.29) is 12.8 Å². The van der Waals surface area contributed by atoms with Crippen LogP contribution in [0.25, 0.3) is 5.78 Å². The average molecular weight is 307 g/mol. The fourth-order valence-electron chi connectivity index (χ4n) is 3.83. The summed E-state index contributed by atoms with van der Waals surface area (Å²) in [6.07, 6.45) is 7.82. The van der Waals surface area contributed by atoms with Gasteiger partial charge in [-0.05, 0) is 31.7 Å². The third-order valence-corrected chi connectivity index (χ3v) is 7.54. The second-order valence-electron chi connectivity index (χ2n) is 6.14. The number of imidazole rings is 1. The van der Waals surface area contributed by atoms with Crippen LogP contribution in [0.3, 0.4) is 0 Å². The summed E-state index contributed by atoms with van der Waals surface area (Å²) in [5.41, 5.74) is -0.485. The van der Waals surface area contributed by atoms with Gasteiger partial charge in [0.2, 0.25) is 5.78 Å². The van der Waals surface area contributed by atoms with Crippen LogP contribution in [-0.4, -0.2) is 38.4 Å². The fraction of sp³-hybridized carbons (Fsp3) is 0.571. The van der Waals surface area contributed by atoms with Crippen LogP contribution in [0.1, 0.15) is 37.8 Å². The van der Waals surface area contributed by atoms with Crippen LogP contribution in [0.5, 0.6) is 0 Å². The molecular formula is C14H17N3O3S. The number of rotatable bonds is 1. The molecule has 2 aliphatic rings. The second-order valence-corrected chi connectivity index (χ2v) is 8.65. The molecule has 2 aromatic heterocycles. The first-order valence-electron chi connectivity index (χ1n) is 7.24. The molecule has 4 rings (SSSR count). The summed E-state index contributed by atoms with van der Waals surface area (Å²) in [7, 11) is -3.09. The van der Waals surface area contributed by atoms with Gasteiger partial charge >= 0.3 is 0 Å². The van der Waals surface area contributed by atoms with E-state index in [0.717, 1.165) is 6.42 Å². The van der Waals surface area contributed by atoms with Crippen molar-refractivity contribution in [3.05, 3.63) is 30.4 Å². The highest BCUT2D eigenvalue weighted by atomic mass is 32.2. The van der Waals surface area contributed by atoms with E-state index in [0.29, 0.717) is 24.3 Å². The van der Waals surface area contributed by atoms with Crippen LogP contribution in [0, 0.1) is 0 Å². The van der Waals surface area contributed by atoms with Crippen molar-refractivity contribution in [2.24, 2.45) is 0 Å². The van der Waals surface area contributed by atoms with Crippen molar-refractivity contribution in [3.63, 3.8) is 0 Å². The second kappa shape index (κ2) is 4.27. The molecule has 2 aliphatic heterocycles. The van der Waals surface area contributed by atoms with Gasteiger partial charge in [0.15, 0.2) is 9.84 Å². The van der Waals surface area contributed by atoms with Gasteiger partial charge in [-0.25, -0.2) is 18.4 Å². The third-order valence-electron chi connectivity index (χ3n) is 4.88. The standard InChI is InChI=1S/C14H17N3O3S/c18-14(12-9-16-13-15-5-2-6-17(12)13)7-10-3-1-4-11(8-14)21(10,19)20/h2,5-6,9-11,18H,1,3-4,7-8H2. The maximum Gasteiger partial charge on any atom is 0.233 e. The molecule has 0 radical (unpaired) electrons. The van der Waals surface area contributed by atoms with Gasteiger partial charge in [-0.2, -0.15) is 0 Å². The number of nitrogens with zero attached hydrogens (tertiary/aromatic N) is 3. The predicted octanol–water partition coefficient (Wildman–Crippen LogP) is 1.05. The summed E-state index contributed by atoms with van der Waals surface area (Å²) in [5.74, 6) is 0.527. The molecule has 0 spiro atoms. The molecule has 0 aromatic carbocycles. The number of fused-ring (bicyclic) bond motifs is 3. The molecular weight excluding hydrogens is 290 g/mol. The Kier molecular flexibility index (Phi) is 2.68. The molecule has 0 amide bonds. The van der Waals surface area contributed by atoms with Crippen LogP contribution in [-0.2, 0) is 15.4 Å². The molecule has 2 bridgehead atoms.